The van der Waals surface area contributed by atoms with Gasteiger partial charge < -0.3 is 16.0 Å². The van der Waals surface area contributed by atoms with E-state index in [0.717, 1.165) is 5.01 Å². The minimum atomic E-state index is -0.509. The molecule has 0 aliphatic carbocycles. The van der Waals surface area contributed by atoms with Gasteiger partial charge in [0, 0.05) is 30.9 Å². The third kappa shape index (κ3) is 5.24. The average molecular weight is 413 g/mol. The highest BCUT2D eigenvalue weighted by Crippen LogP contribution is 2.17. The molecular formula is C18H22ClFN4O2S. The zero-order chi connectivity index (χ0) is 18.5. The van der Waals surface area contributed by atoms with Gasteiger partial charge in [0.2, 0.25) is 0 Å². The van der Waals surface area contributed by atoms with Gasteiger partial charge >= 0.3 is 0 Å². The zero-order valence-corrected chi connectivity index (χ0v) is 16.3. The van der Waals surface area contributed by atoms with Gasteiger partial charge in [0.25, 0.3) is 11.8 Å². The largest absolute Gasteiger partial charge is 0.348 e. The summed E-state index contributed by atoms with van der Waals surface area (Å²) < 4.78 is 13.8. The van der Waals surface area contributed by atoms with Crippen molar-refractivity contribution in [1.29, 1.82) is 0 Å². The van der Waals surface area contributed by atoms with Gasteiger partial charge in [0.1, 0.15) is 11.5 Å². The number of carbonyl (C=O) groups is 2. The molecular weight excluding hydrogens is 391 g/mol. The van der Waals surface area contributed by atoms with Crippen LogP contribution in [-0.2, 0) is 6.42 Å². The van der Waals surface area contributed by atoms with Crippen molar-refractivity contribution in [2.24, 2.45) is 5.73 Å². The fraction of sp³-hybridized carbons (Fsp3) is 0.389. The molecule has 0 bridgehead atoms. The summed E-state index contributed by atoms with van der Waals surface area (Å²) in [6.45, 7) is 1.46. The highest BCUT2D eigenvalue weighted by atomic mass is 35.5. The Kier molecular flexibility index (Phi) is 7.70. The number of carbonyl (C=O) groups excluding carboxylic acids is 2. The first kappa shape index (κ1) is 21.3. The van der Waals surface area contributed by atoms with Crippen molar-refractivity contribution in [2.75, 3.05) is 19.6 Å². The Labute approximate surface area is 167 Å². The lowest BCUT2D eigenvalue weighted by molar-refractivity contribution is 0.0693. The first-order valence-corrected chi connectivity index (χ1v) is 9.45. The molecule has 2 heterocycles. The molecule has 1 saturated heterocycles. The van der Waals surface area contributed by atoms with E-state index in [9.17, 15) is 14.0 Å². The lowest BCUT2D eigenvalue weighted by Crippen LogP contribution is -2.46. The maximum absolute atomic E-state index is 13.8. The molecule has 0 saturated carbocycles. The van der Waals surface area contributed by atoms with Crippen LogP contribution in [0.4, 0.5) is 4.39 Å². The van der Waals surface area contributed by atoms with E-state index in [0.29, 0.717) is 44.6 Å². The summed E-state index contributed by atoms with van der Waals surface area (Å²) in [5.41, 5.74) is 5.99. The van der Waals surface area contributed by atoms with Gasteiger partial charge in [-0.2, -0.15) is 0 Å². The minimum Gasteiger partial charge on any atom is -0.348 e. The standard InChI is InChI=1S/C18H21FN4O2S.ClH/c19-14-4-2-1-3-13(14)18(25)23-9-6-12(7-10-23)21-17(24)15-11-26-16(22-15)5-8-20;/h1-4,11-12H,5-10,20H2,(H,21,24);1H. The third-order valence-electron chi connectivity index (χ3n) is 4.36. The van der Waals surface area contributed by atoms with Crippen LogP contribution in [0.15, 0.2) is 29.6 Å². The maximum atomic E-state index is 13.8. The molecule has 27 heavy (non-hydrogen) atoms. The normalized spacial score (nSPS) is 14.5. The van der Waals surface area contributed by atoms with Gasteiger partial charge in [0.05, 0.1) is 10.6 Å². The quantitative estimate of drug-likeness (QED) is 0.788. The van der Waals surface area contributed by atoms with E-state index in [1.165, 1.54) is 23.5 Å². The molecule has 3 rings (SSSR count). The molecule has 2 aromatic rings. The Morgan fingerprint density at radius 3 is 2.67 bits per heavy atom. The first-order chi connectivity index (χ1) is 12.6. The molecule has 3 N–H and O–H groups in total. The Bertz CT molecular complexity index is 793. The third-order valence-corrected chi connectivity index (χ3v) is 5.27. The predicted octanol–water partition coefficient (Wildman–Crippen LogP) is 2.24. The van der Waals surface area contributed by atoms with E-state index in [4.69, 9.17) is 5.73 Å². The summed E-state index contributed by atoms with van der Waals surface area (Å²) in [4.78, 5) is 30.6. The van der Waals surface area contributed by atoms with Crippen molar-refractivity contribution in [2.45, 2.75) is 25.3 Å². The Morgan fingerprint density at radius 1 is 1.30 bits per heavy atom. The Hall–Kier alpha value is -2.03. The van der Waals surface area contributed by atoms with Gasteiger partial charge in [0.15, 0.2) is 0 Å². The molecule has 0 atom stereocenters. The van der Waals surface area contributed by atoms with Crippen molar-refractivity contribution in [3.05, 3.63) is 51.7 Å². The number of rotatable bonds is 5. The number of amides is 2. The van der Waals surface area contributed by atoms with Crippen molar-refractivity contribution < 1.29 is 14.0 Å². The number of aromatic nitrogens is 1. The summed E-state index contributed by atoms with van der Waals surface area (Å²) in [5.74, 6) is -1.02. The number of nitrogens with zero attached hydrogens (tertiary/aromatic N) is 2. The molecule has 146 valence electrons. The molecule has 1 fully saturated rings. The lowest BCUT2D eigenvalue weighted by atomic mass is 10.0. The number of hydrogen-bond donors (Lipinski definition) is 2. The van der Waals surface area contributed by atoms with Crippen LogP contribution in [0.2, 0.25) is 0 Å². The summed E-state index contributed by atoms with van der Waals surface area (Å²) in [5, 5.41) is 5.55. The summed E-state index contributed by atoms with van der Waals surface area (Å²) >= 11 is 1.43. The summed E-state index contributed by atoms with van der Waals surface area (Å²) in [6.07, 6.45) is 1.92. The minimum absolute atomic E-state index is 0. The van der Waals surface area contributed by atoms with Gasteiger partial charge in [-0.1, -0.05) is 12.1 Å². The number of halogens is 2. The number of benzene rings is 1. The van der Waals surface area contributed by atoms with Crippen LogP contribution in [0.25, 0.3) is 0 Å². The number of piperidine rings is 1. The van der Waals surface area contributed by atoms with Crippen molar-refractivity contribution in [3.63, 3.8) is 0 Å². The molecule has 1 aliphatic rings. The summed E-state index contributed by atoms with van der Waals surface area (Å²) in [7, 11) is 0. The fourth-order valence-electron chi connectivity index (χ4n) is 2.94. The second-order valence-electron chi connectivity index (χ2n) is 6.18. The molecule has 0 spiro atoms. The molecule has 9 heteroatoms. The fourth-order valence-corrected chi connectivity index (χ4v) is 3.74. The smallest absolute Gasteiger partial charge is 0.270 e. The molecule has 1 aromatic carbocycles. The SMILES string of the molecule is Cl.NCCc1nc(C(=O)NC2CCN(C(=O)c3ccccc3F)CC2)cs1. The van der Waals surface area contributed by atoms with Crippen LogP contribution < -0.4 is 11.1 Å². The molecule has 1 aliphatic heterocycles. The number of nitrogens with one attached hydrogen (secondary N) is 1. The molecule has 1 aromatic heterocycles. The highest BCUT2D eigenvalue weighted by molar-refractivity contribution is 7.09. The van der Waals surface area contributed by atoms with Crippen molar-refractivity contribution in [1.82, 2.24) is 15.2 Å². The highest BCUT2D eigenvalue weighted by Gasteiger charge is 2.26. The molecule has 0 radical (unpaired) electrons. The zero-order valence-electron chi connectivity index (χ0n) is 14.7. The summed E-state index contributed by atoms with van der Waals surface area (Å²) in [6, 6.07) is 5.97. The van der Waals surface area contributed by atoms with Gasteiger partial charge in [-0.25, -0.2) is 9.37 Å². The first-order valence-electron chi connectivity index (χ1n) is 8.57. The van der Waals surface area contributed by atoms with E-state index in [-0.39, 0.29) is 35.8 Å². The van der Waals surface area contributed by atoms with Gasteiger partial charge in [-0.05, 0) is 31.5 Å². The number of likely N-dealkylation sites (tertiary alicyclic amines) is 1. The predicted molar refractivity (Wildman–Crippen MR) is 105 cm³/mol. The maximum Gasteiger partial charge on any atom is 0.270 e. The second-order valence-corrected chi connectivity index (χ2v) is 7.13. The Morgan fingerprint density at radius 2 is 2.00 bits per heavy atom. The number of thiazole rings is 1. The van der Waals surface area contributed by atoms with E-state index < -0.39 is 5.82 Å². The van der Waals surface area contributed by atoms with Crippen LogP contribution in [-0.4, -0.2) is 47.4 Å². The van der Waals surface area contributed by atoms with Gasteiger partial charge in [-0.15, -0.1) is 23.7 Å². The van der Waals surface area contributed by atoms with Crippen LogP contribution in [0.3, 0.4) is 0 Å². The van der Waals surface area contributed by atoms with E-state index >= 15 is 0 Å². The van der Waals surface area contributed by atoms with Crippen LogP contribution >= 0.6 is 23.7 Å². The number of nitrogens with two attached hydrogens (primary N) is 1. The molecule has 2 amide bonds. The van der Waals surface area contributed by atoms with Crippen LogP contribution in [0, 0.1) is 5.82 Å². The van der Waals surface area contributed by atoms with E-state index in [1.807, 2.05) is 0 Å². The van der Waals surface area contributed by atoms with E-state index in [2.05, 4.69) is 10.3 Å². The second kappa shape index (κ2) is 9.77. The lowest BCUT2D eigenvalue weighted by Gasteiger charge is -2.32. The topological polar surface area (TPSA) is 88.3 Å². The van der Waals surface area contributed by atoms with Crippen molar-refractivity contribution in [3.8, 4) is 0 Å². The average Bonchev–Trinajstić information content (AvgIpc) is 3.11. The monoisotopic (exact) mass is 412 g/mol. The Balaban J connectivity index is 0.00000261. The van der Waals surface area contributed by atoms with Gasteiger partial charge in [-0.3, -0.25) is 9.59 Å². The van der Waals surface area contributed by atoms with Crippen molar-refractivity contribution >= 4 is 35.6 Å². The van der Waals surface area contributed by atoms with E-state index in [1.54, 1.807) is 22.4 Å². The molecule has 6 nitrogen and oxygen atoms in total. The molecule has 0 unspecified atom stereocenters. The number of hydrogen-bond acceptors (Lipinski definition) is 5. The van der Waals surface area contributed by atoms with Crippen LogP contribution in [0.5, 0.6) is 0 Å². The van der Waals surface area contributed by atoms with Crippen LogP contribution in [0.1, 0.15) is 38.7 Å².